The molecular formula is C18H20N2O3. The van der Waals surface area contributed by atoms with Gasteiger partial charge in [0.05, 0.1) is 6.54 Å². The molecule has 0 spiro atoms. The van der Waals surface area contributed by atoms with E-state index in [9.17, 15) is 9.90 Å². The van der Waals surface area contributed by atoms with Crippen LogP contribution >= 0.6 is 0 Å². The summed E-state index contributed by atoms with van der Waals surface area (Å²) in [7, 11) is 0. The molecule has 1 aromatic carbocycles. The zero-order valence-electron chi connectivity index (χ0n) is 13.1. The minimum atomic E-state index is -1.11. The number of pyridine rings is 1. The lowest BCUT2D eigenvalue weighted by atomic mass is 9.91. The predicted octanol–water partition coefficient (Wildman–Crippen LogP) is 2.13. The second-order valence-electron chi connectivity index (χ2n) is 6.01. The Bertz CT molecular complexity index is 658. The van der Waals surface area contributed by atoms with Crippen molar-refractivity contribution in [2.24, 2.45) is 0 Å². The molecule has 23 heavy (non-hydrogen) atoms. The van der Waals surface area contributed by atoms with Gasteiger partial charge in [-0.2, -0.15) is 0 Å². The van der Waals surface area contributed by atoms with Gasteiger partial charge in [0.15, 0.2) is 0 Å². The molecule has 1 N–H and O–H groups in total. The highest BCUT2D eigenvalue weighted by Gasteiger charge is 2.41. The highest BCUT2D eigenvalue weighted by atomic mass is 16.5. The molecule has 120 valence electrons. The summed E-state index contributed by atoms with van der Waals surface area (Å²) in [5.74, 6) is 0.561. The van der Waals surface area contributed by atoms with E-state index in [4.69, 9.17) is 4.74 Å². The summed E-state index contributed by atoms with van der Waals surface area (Å²) in [6, 6.07) is 14.7. The number of β-amino-alcohol motifs (C(OH)–C–C–N with tert-alkyl or cyclic N) is 1. The van der Waals surface area contributed by atoms with E-state index >= 15 is 0 Å². The number of hydrogen-bond acceptors (Lipinski definition) is 4. The van der Waals surface area contributed by atoms with E-state index in [-0.39, 0.29) is 18.6 Å². The van der Waals surface area contributed by atoms with E-state index in [1.807, 2.05) is 30.3 Å². The molecule has 1 aliphatic rings. The van der Waals surface area contributed by atoms with Crippen LogP contribution in [0.25, 0.3) is 0 Å². The number of piperidine rings is 1. The molecule has 1 aromatic heterocycles. The number of para-hydroxylation sites is 1. The zero-order valence-corrected chi connectivity index (χ0v) is 13.1. The standard InChI is InChI=1S/C18H20N2O3/c1-18(22)13-20(17(21)15-9-5-6-11-19-15)12-10-16(18)23-14-7-3-2-4-8-14/h2-9,11,16,22H,10,12-13H2,1H3/t16-,18-/m0/s1. The lowest BCUT2D eigenvalue weighted by Gasteiger charge is -2.42. The minimum absolute atomic E-state index is 0.163. The first kappa shape index (κ1) is 15.5. The summed E-state index contributed by atoms with van der Waals surface area (Å²) >= 11 is 0. The Balaban J connectivity index is 1.69. The van der Waals surface area contributed by atoms with Gasteiger partial charge < -0.3 is 14.7 Å². The summed E-state index contributed by atoms with van der Waals surface area (Å²) < 4.78 is 5.90. The number of nitrogens with zero attached hydrogens (tertiary/aromatic N) is 2. The van der Waals surface area contributed by atoms with Crippen LogP contribution in [0.5, 0.6) is 5.75 Å². The molecule has 0 saturated carbocycles. The van der Waals surface area contributed by atoms with Gasteiger partial charge in [0, 0.05) is 19.2 Å². The van der Waals surface area contributed by atoms with Crippen molar-refractivity contribution in [1.29, 1.82) is 0 Å². The van der Waals surface area contributed by atoms with Crippen molar-refractivity contribution in [2.75, 3.05) is 13.1 Å². The molecule has 0 unspecified atom stereocenters. The number of likely N-dealkylation sites (tertiary alicyclic amines) is 1. The third-order valence-electron chi connectivity index (χ3n) is 4.06. The van der Waals surface area contributed by atoms with Crippen LogP contribution < -0.4 is 4.74 Å². The second-order valence-corrected chi connectivity index (χ2v) is 6.01. The van der Waals surface area contributed by atoms with E-state index in [2.05, 4.69) is 4.98 Å². The van der Waals surface area contributed by atoms with Gasteiger partial charge in [-0.25, -0.2) is 0 Å². The number of aromatic nitrogens is 1. The van der Waals surface area contributed by atoms with Gasteiger partial charge in [-0.15, -0.1) is 0 Å². The molecule has 0 aliphatic carbocycles. The normalized spacial score (nSPS) is 24.3. The van der Waals surface area contributed by atoms with E-state index in [0.29, 0.717) is 18.7 Å². The van der Waals surface area contributed by atoms with E-state index in [1.54, 1.807) is 36.2 Å². The average Bonchev–Trinajstić information content (AvgIpc) is 2.57. The Kier molecular flexibility index (Phi) is 4.30. The number of ether oxygens (including phenoxy) is 1. The number of amides is 1. The van der Waals surface area contributed by atoms with Gasteiger partial charge in [-0.3, -0.25) is 9.78 Å². The first-order chi connectivity index (χ1) is 11.1. The third-order valence-corrected chi connectivity index (χ3v) is 4.06. The van der Waals surface area contributed by atoms with E-state index < -0.39 is 5.60 Å². The van der Waals surface area contributed by atoms with Gasteiger partial charge in [-0.05, 0) is 31.2 Å². The van der Waals surface area contributed by atoms with Crippen LogP contribution in [0, 0.1) is 0 Å². The molecule has 1 amide bonds. The lowest BCUT2D eigenvalue weighted by molar-refractivity contribution is -0.0900. The molecule has 2 heterocycles. The van der Waals surface area contributed by atoms with Crippen LogP contribution in [-0.2, 0) is 0 Å². The SMILES string of the molecule is C[C@]1(O)CN(C(=O)c2ccccn2)CC[C@@H]1Oc1ccccc1. The summed E-state index contributed by atoms with van der Waals surface area (Å²) in [4.78, 5) is 18.2. The summed E-state index contributed by atoms with van der Waals surface area (Å²) in [6.45, 7) is 2.46. The highest BCUT2D eigenvalue weighted by molar-refractivity contribution is 5.92. The quantitative estimate of drug-likeness (QED) is 0.943. The number of carbonyl (C=O) groups excluding carboxylic acids is 1. The Morgan fingerprint density at radius 1 is 1.26 bits per heavy atom. The lowest BCUT2D eigenvalue weighted by Crippen LogP contribution is -2.58. The van der Waals surface area contributed by atoms with E-state index in [1.165, 1.54) is 0 Å². The van der Waals surface area contributed by atoms with Crippen molar-refractivity contribution >= 4 is 5.91 Å². The van der Waals surface area contributed by atoms with Crippen LogP contribution in [-0.4, -0.2) is 45.7 Å². The molecule has 5 heteroatoms. The summed E-state index contributed by atoms with van der Waals surface area (Å²) in [5, 5.41) is 10.7. The van der Waals surface area contributed by atoms with Crippen LogP contribution in [0.2, 0.25) is 0 Å². The van der Waals surface area contributed by atoms with Crippen molar-refractivity contribution in [1.82, 2.24) is 9.88 Å². The fourth-order valence-electron chi connectivity index (χ4n) is 2.83. The first-order valence-corrected chi connectivity index (χ1v) is 7.71. The van der Waals surface area contributed by atoms with Crippen molar-refractivity contribution in [3.63, 3.8) is 0 Å². The number of hydrogen-bond donors (Lipinski definition) is 1. The Morgan fingerprint density at radius 3 is 2.65 bits per heavy atom. The van der Waals surface area contributed by atoms with Crippen LogP contribution in [0.4, 0.5) is 0 Å². The number of rotatable bonds is 3. The summed E-state index contributed by atoms with van der Waals surface area (Å²) in [6.07, 6.45) is 1.81. The number of benzene rings is 1. The summed E-state index contributed by atoms with van der Waals surface area (Å²) in [5.41, 5.74) is -0.718. The maximum atomic E-state index is 12.5. The van der Waals surface area contributed by atoms with Crippen molar-refractivity contribution in [3.8, 4) is 5.75 Å². The molecule has 5 nitrogen and oxygen atoms in total. The Morgan fingerprint density at radius 2 is 2.00 bits per heavy atom. The van der Waals surface area contributed by atoms with Crippen molar-refractivity contribution in [2.45, 2.75) is 25.0 Å². The zero-order chi connectivity index (χ0) is 16.3. The first-order valence-electron chi connectivity index (χ1n) is 7.71. The molecule has 1 fully saturated rings. The number of carbonyl (C=O) groups is 1. The van der Waals surface area contributed by atoms with Gasteiger partial charge >= 0.3 is 0 Å². The van der Waals surface area contributed by atoms with Crippen LogP contribution in [0.3, 0.4) is 0 Å². The second kappa shape index (κ2) is 6.38. The number of aliphatic hydroxyl groups is 1. The predicted molar refractivity (Wildman–Crippen MR) is 86.2 cm³/mol. The van der Waals surface area contributed by atoms with Crippen molar-refractivity contribution < 1.29 is 14.6 Å². The monoisotopic (exact) mass is 312 g/mol. The Labute approximate surface area is 135 Å². The molecule has 0 bridgehead atoms. The smallest absolute Gasteiger partial charge is 0.272 e. The van der Waals surface area contributed by atoms with Gasteiger partial charge in [-0.1, -0.05) is 24.3 Å². The third kappa shape index (κ3) is 3.51. The average molecular weight is 312 g/mol. The molecule has 2 atom stereocenters. The fraction of sp³-hybridized carbons (Fsp3) is 0.333. The van der Waals surface area contributed by atoms with Crippen LogP contribution in [0.1, 0.15) is 23.8 Å². The molecule has 1 saturated heterocycles. The van der Waals surface area contributed by atoms with Gasteiger partial charge in [0.2, 0.25) is 0 Å². The molecule has 2 aromatic rings. The van der Waals surface area contributed by atoms with Gasteiger partial charge in [0.1, 0.15) is 23.1 Å². The molecule has 3 rings (SSSR count). The highest BCUT2D eigenvalue weighted by Crippen LogP contribution is 2.27. The fourth-order valence-corrected chi connectivity index (χ4v) is 2.83. The van der Waals surface area contributed by atoms with Gasteiger partial charge in [0.25, 0.3) is 5.91 Å². The molecular weight excluding hydrogens is 292 g/mol. The molecule has 0 radical (unpaired) electrons. The molecule has 1 aliphatic heterocycles. The topological polar surface area (TPSA) is 62.7 Å². The van der Waals surface area contributed by atoms with Crippen molar-refractivity contribution in [3.05, 3.63) is 60.4 Å². The van der Waals surface area contributed by atoms with E-state index in [0.717, 1.165) is 5.75 Å². The maximum absolute atomic E-state index is 12.5. The minimum Gasteiger partial charge on any atom is -0.487 e. The largest absolute Gasteiger partial charge is 0.487 e. The Hall–Kier alpha value is -2.40. The maximum Gasteiger partial charge on any atom is 0.272 e. The van der Waals surface area contributed by atoms with Crippen LogP contribution in [0.15, 0.2) is 54.7 Å².